The molecule has 0 aromatic carbocycles. The highest BCUT2D eigenvalue weighted by Crippen LogP contribution is 2.34. The van der Waals surface area contributed by atoms with Crippen LogP contribution in [0, 0.1) is 0 Å². The molecule has 3 heterocycles. The van der Waals surface area contributed by atoms with E-state index in [0.717, 1.165) is 13.1 Å². The molecule has 1 fully saturated rings. The summed E-state index contributed by atoms with van der Waals surface area (Å²) in [6.07, 6.45) is 11.7. The van der Waals surface area contributed by atoms with Gasteiger partial charge in [-0.05, 0) is 51.1 Å². The van der Waals surface area contributed by atoms with Crippen LogP contribution in [0.3, 0.4) is 0 Å². The van der Waals surface area contributed by atoms with Gasteiger partial charge in [0.2, 0.25) is 0 Å². The quantitative estimate of drug-likeness (QED) is 0.869. The first-order chi connectivity index (χ1) is 10.9. The first-order valence-electron chi connectivity index (χ1n) is 8.57. The maximum Gasteiger partial charge on any atom is 0.0974 e. The third-order valence-corrected chi connectivity index (χ3v) is 6.24. The zero-order valence-corrected chi connectivity index (χ0v) is 13.9. The second-order valence-corrected chi connectivity index (χ2v) is 7.65. The molecule has 2 aromatic rings. The van der Waals surface area contributed by atoms with Gasteiger partial charge < -0.3 is 4.90 Å². The minimum atomic E-state index is 0.655. The highest BCUT2D eigenvalue weighted by atomic mass is 32.1. The SMILES string of the molecule is c1cnn(CCN2CCC[C@@H](c3nc4c(s3)CCCC4)C2)c1. The minimum Gasteiger partial charge on any atom is -0.301 e. The molecule has 4 nitrogen and oxygen atoms in total. The van der Waals surface area contributed by atoms with Crippen molar-refractivity contribution in [2.45, 2.75) is 51.0 Å². The Balaban J connectivity index is 1.39. The number of nitrogens with zero attached hydrogens (tertiary/aromatic N) is 4. The van der Waals surface area contributed by atoms with Crippen molar-refractivity contribution >= 4 is 11.3 Å². The summed E-state index contributed by atoms with van der Waals surface area (Å²) in [5.74, 6) is 0.655. The first kappa shape index (κ1) is 14.4. The van der Waals surface area contributed by atoms with Crippen molar-refractivity contribution in [2.75, 3.05) is 19.6 Å². The second kappa shape index (κ2) is 6.50. The number of hydrogen-bond acceptors (Lipinski definition) is 4. The summed E-state index contributed by atoms with van der Waals surface area (Å²) in [5.41, 5.74) is 1.42. The molecule has 1 atom stereocenters. The van der Waals surface area contributed by atoms with E-state index >= 15 is 0 Å². The number of likely N-dealkylation sites (tertiary alicyclic amines) is 1. The highest BCUT2D eigenvalue weighted by Gasteiger charge is 2.25. The lowest BCUT2D eigenvalue weighted by molar-refractivity contribution is 0.198. The zero-order valence-electron chi connectivity index (χ0n) is 13.1. The molecule has 4 rings (SSSR count). The standard InChI is InChI=1S/C17H24N4S/c1-2-7-16-15(6-1)19-17(22-16)14-5-3-9-20(13-14)11-12-21-10-4-8-18-21/h4,8,10,14H,1-3,5-7,9,11-13H2/t14-/m1/s1. The van der Waals surface area contributed by atoms with Crippen molar-refractivity contribution < 1.29 is 0 Å². The van der Waals surface area contributed by atoms with Gasteiger partial charge in [-0.3, -0.25) is 4.68 Å². The summed E-state index contributed by atoms with van der Waals surface area (Å²) in [6.45, 7) is 4.49. The van der Waals surface area contributed by atoms with Crippen LogP contribution in [0.25, 0.3) is 0 Å². The van der Waals surface area contributed by atoms with E-state index in [4.69, 9.17) is 4.98 Å². The van der Waals surface area contributed by atoms with Gasteiger partial charge in [0, 0.05) is 36.3 Å². The summed E-state index contributed by atoms with van der Waals surface area (Å²) in [6, 6.07) is 2.00. The Morgan fingerprint density at radius 3 is 3.00 bits per heavy atom. The maximum absolute atomic E-state index is 4.99. The fourth-order valence-electron chi connectivity index (χ4n) is 3.68. The fraction of sp³-hybridized carbons (Fsp3) is 0.647. The maximum atomic E-state index is 4.99. The van der Waals surface area contributed by atoms with E-state index in [1.54, 1.807) is 4.88 Å². The molecule has 2 aliphatic rings. The van der Waals surface area contributed by atoms with Crippen molar-refractivity contribution in [2.24, 2.45) is 0 Å². The Labute approximate surface area is 136 Å². The Morgan fingerprint density at radius 2 is 2.14 bits per heavy atom. The lowest BCUT2D eigenvalue weighted by atomic mass is 9.98. The number of fused-ring (bicyclic) bond motifs is 1. The van der Waals surface area contributed by atoms with Crippen LogP contribution in [0.1, 0.15) is 47.2 Å². The van der Waals surface area contributed by atoms with Gasteiger partial charge in [-0.15, -0.1) is 11.3 Å². The van der Waals surface area contributed by atoms with Crippen LogP contribution >= 0.6 is 11.3 Å². The van der Waals surface area contributed by atoms with E-state index in [1.807, 2.05) is 28.3 Å². The number of hydrogen-bond donors (Lipinski definition) is 0. The van der Waals surface area contributed by atoms with Crippen LogP contribution in [0.15, 0.2) is 18.5 Å². The molecule has 1 saturated heterocycles. The largest absolute Gasteiger partial charge is 0.301 e. The van der Waals surface area contributed by atoms with Gasteiger partial charge in [0.05, 0.1) is 17.2 Å². The average Bonchev–Trinajstić information content (AvgIpc) is 3.22. The Bertz CT molecular complexity index is 581. The van der Waals surface area contributed by atoms with E-state index in [1.165, 1.54) is 62.3 Å². The lowest BCUT2D eigenvalue weighted by Gasteiger charge is -2.31. The lowest BCUT2D eigenvalue weighted by Crippen LogP contribution is -2.36. The first-order valence-corrected chi connectivity index (χ1v) is 9.38. The van der Waals surface area contributed by atoms with Crippen molar-refractivity contribution in [3.8, 4) is 0 Å². The van der Waals surface area contributed by atoms with Gasteiger partial charge in [-0.25, -0.2) is 4.98 Å². The second-order valence-electron chi connectivity index (χ2n) is 6.54. The smallest absolute Gasteiger partial charge is 0.0974 e. The predicted octanol–water partition coefficient (Wildman–Crippen LogP) is 3.10. The number of aryl methyl sites for hydroxylation is 2. The number of aromatic nitrogens is 3. The monoisotopic (exact) mass is 316 g/mol. The summed E-state index contributed by atoms with van der Waals surface area (Å²) in [5, 5.41) is 5.71. The topological polar surface area (TPSA) is 34.0 Å². The Hall–Kier alpha value is -1.20. The highest BCUT2D eigenvalue weighted by molar-refractivity contribution is 7.11. The number of thiazole rings is 1. The predicted molar refractivity (Wildman–Crippen MR) is 89.4 cm³/mol. The van der Waals surface area contributed by atoms with Crippen molar-refractivity contribution in [1.29, 1.82) is 0 Å². The van der Waals surface area contributed by atoms with Crippen LogP contribution in [0.5, 0.6) is 0 Å². The molecular weight excluding hydrogens is 292 g/mol. The van der Waals surface area contributed by atoms with Crippen molar-refractivity contribution in [3.05, 3.63) is 34.0 Å². The van der Waals surface area contributed by atoms with Gasteiger partial charge in [0.25, 0.3) is 0 Å². The molecule has 0 unspecified atom stereocenters. The molecule has 1 aliphatic carbocycles. The Morgan fingerprint density at radius 1 is 1.18 bits per heavy atom. The molecular formula is C17H24N4S. The van der Waals surface area contributed by atoms with Gasteiger partial charge in [0.1, 0.15) is 0 Å². The molecule has 5 heteroatoms. The molecule has 0 radical (unpaired) electrons. The van der Waals surface area contributed by atoms with Crippen LogP contribution in [-0.4, -0.2) is 39.3 Å². The molecule has 118 valence electrons. The van der Waals surface area contributed by atoms with Gasteiger partial charge >= 0.3 is 0 Å². The normalized spacial score (nSPS) is 22.6. The third-order valence-electron chi connectivity index (χ3n) is 4.92. The summed E-state index contributed by atoms with van der Waals surface area (Å²) >= 11 is 2.00. The van der Waals surface area contributed by atoms with E-state index in [-0.39, 0.29) is 0 Å². The number of piperidine rings is 1. The van der Waals surface area contributed by atoms with Gasteiger partial charge in [-0.2, -0.15) is 5.10 Å². The molecule has 0 N–H and O–H groups in total. The summed E-state index contributed by atoms with van der Waals surface area (Å²) in [7, 11) is 0. The van der Waals surface area contributed by atoms with E-state index < -0.39 is 0 Å². The molecule has 0 saturated carbocycles. The molecule has 2 aromatic heterocycles. The van der Waals surface area contributed by atoms with E-state index in [9.17, 15) is 0 Å². The molecule has 22 heavy (non-hydrogen) atoms. The minimum absolute atomic E-state index is 0.655. The fourth-order valence-corrected chi connectivity index (χ4v) is 4.96. The van der Waals surface area contributed by atoms with E-state index in [2.05, 4.69) is 16.2 Å². The molecule has 0 amide bonds. The van der Waals surface area contributed by atoms with Gasteiger partial charge in [0.15, 0.2) is 0 Å². The van der Waals surface area contributed by atoms with Crippen LogP contribution in [0.2, 0.25) is 0 Å². The van der Waals surface area contributed by atoms with E-state index in [0.29, 0.717) is 5.92 Å². The summed E-state index contributed by atoms with van der Waals surface area (Å²) in [4.78, 5) is 9.17. The van der Waals surface area contributed by atoms with Crippen molar-refractivity contribution in [3.63, 3.8) is 0 Å². The Kier molecular flexibility index (Phi) is 4.26. The third kappa shape index (κ3) is 3.10. The average molecular weight is 316 g/mol. The van der Waals surface area contributed by atoms with Crippen LogP contribution in [-0.2, 0) is 19.4 Å². The van der Waals surface area contributed by atoms with Gasteiger partial charge in [-0.1, -0.05) is 0 Å². The zero-order chi connectivity index (χ0) is 14.8. The molecule has 1 aliphatic heterocycles. The van der Waals surface area contributed by atoms with Crippen LogP contribution < -0.4 is 0 Å². The number of rotatable bonds is 4. The molecule has 0 bridgehead atoms. The van der Waals surface area contributed by atoms with Crippen LogP contribution in [0.4, 0.5) is 0 Å². The summed E-state index contributed by atoms with van der Waals surface area (Å²) < 4.78 is 2.03. The molecule has 0 spiro atoms. The van der Waals surface area contributed by atoms with Crippen molar-refractivity contribution in [1.82, 2.24) is 19.7 Å².